The smallest absolute Gasteiger partial charge is 0.272 e. The van der Waals surface area contributed by atoms with Gasteiger partial charge in [0.15, 0.2) is 0 Å². The van der Waals surface area contributed by atoms with Crippen molar-refractivity contribution in [1.82, 2.24) is 14.5 Å². The predicted octanol–water partition coefficient (Wildman–Crippen LogP) is 0.571. The molecule has 0 bridgehead atoms. The van der Waals surface area contributed by atoms with Crippen molar-refractivity contribution >= 4 is 40.8 Å². The highest BCUT2D eigenvalue weighted by atomic mass is 16.2. The van der Waals surface area contributed by atoms with Crippen LogP contribution in [0.4, 0.5) is 11.4 Å². The highest BCUT2D eigenvalue weighted by molar-refractivity contribution is 6.14. The summed E-state index contributed by atoms with van der Waals surface area (Å²) < 4.78 is 3.06. The number of nitrogens with one attached hydrogen (secondary N) is 3. The molecule has 2 rings (SSSR count). The van der Waals surface area contributed by atoms with E-state index in [0.29, 0.717) is 17.1 Å². The Labute approximate surface area is 173 Å². The van der Waals surface area contributed by atoms with Crippen LogP contribution in [-0.4, -0.2) is 45.1 Å². The molecule has 160 valence electrons. The fourth-order valence-corrected chi connectivity index (χ4v) is 2.94. The number of rotatable bonds is 7. The normalized spacial score (nSPS) is 10.4. The zero-order chi connectivity index (χ0) is 22.6. The zero-order valence-electron chi connectivity index (χ0n) is 17.3. The Kier molecular flexibility index (Phi) is 6.77. The molecule has 0 spiro atoms. The lowest BCUT2D eigenvalue weighted by Crippen LogP contribution is -2.32. The van der Waals surface area contributed by atoms with E-state index in [1.54, 1.807) is 24.9 Å². The summed E-state index contributed by atoms with van der Waals surface area (Å²) in [7, 11) is 3.28. The number of carbonyl (C=O) groups excluding carboxylic acids is 4. The van der Waals surface area contributed by atoms with Gasteiger partial charge in [0, 0.05) is 53.3 Å². The van der Waals surface area contributed by atoms with Crippen LogP contribution in [0.15, 0.2) is 24.5 Å². The number of hydrogen-bond donors (Lipinski definition) is 4. The van der Waals surface area contributed by atoms with Gasteiger partial charge >= 0.3 is 0 Å². The average molecular weight is 415 g/mol. The molecule has 0 fully saturated rings. The topological polar surface area (TPSA) is 155 Å². The monoisotopic (exact) mass is 415 g/mol. The number of aromatic nitrogens is 2. The minimum absolute atomic E-state index is 0.0230. The van der Waals surface area contributed by atoms with Gasteiger partial charge in [-0.05, 0) is 12.1 Å². The summed E-state index contributed by atoms with van der Waals surface area (Å²) in [6.45, 7) is 2.76. The molecule has 0 unspecified atom stereocenters. The van der Waals surface area contributed by atoms with Crippen LogP contribution in [0.25, 0.3) is 0 Å². The molecule has 30 heavy (non-hydrogen) atoms. The molecule has 4 amide bonds. The summed E-state index contributed by atoms with van der Waals surface area (Å²) in [4.78, 5) is 49.3. The van der Waals surface area contributed by atoms with Crippen LogP contribution < -0.4 is 21.3 Å². The molecule has 2 aromatic heterocycles. The van der Waals surface area contributed by atoms with Crippen molar-refractivity contribution in [2.24, 2.45) is 19.8 Å². The van der Waals surface area contributed by atoms with Gasteiger partial charge in [0.1, 0.15) is 11.4 Å². The Balaban J connectivity index is 2.15. The van der Waals surface area contributed by atoms with Gasteiger partial charge in [-0.1, -0.05) is 0 Å². The second kappa shape index (κ2) is 9.07. The number of imide groups is 1. The van der Waals surface area contributed by atoms with Crippen LogP contribution >= 0.6 is 0 Å². The van der Waals surface area contributed by atoms with Gasteiger partial charge in [0.05, 0.1) is 17.2 Å². The number of amides is 4. The highest BCUT2D eigenvalue weighted by Gasteiger charge is 2.22. The van der Waals surface area contributed by atoms with E-state index in [1.165, 1.54) is 36.7 Å². The van der Waals surface area contributed by atoms with E-state index in [4.69, 9.17) is 11.1 Å². The van der Waals surface area contributed by atoms with Gasteiger partial charge in [-0.25, -0.2) is 4.90 Å². The SMILES string of the molecule is CC(=O)N(C(C)=O)c1cc(C(=O)Nc2cc(C(=O)NCCC(=N)N)n(C)c2)n(C)c1. The minimum Gasteiger partial charge on any atom is -0.388 e. The molecule has 0 aliphatic rings. The number of nitrogens with zero attached hydrogens (tertiary/aromatic N) is 3. The van der Waals surface area contributed by atoms with Crippen molar-refractivity contribution < 1.29 is 19.2 Å². The maximum atomic E-state index is 12.7. The van der Waals surface area contributed by atoms with Crippen LogP contribution in [-0.2, 0) is 23.7 Å². The van der Waals surface area contributed by atoms with Crippen molar-refractivity contribution in [3.05, 3.63) is 35.9 Å². The summed E-state index contributed by atoms with van der Waals surface area (Å²) >= 11 is 0. The molecule has 0 aliphatic heterocycles. The Morgan fingerprint density at radius 2 is 1.57 bits per heavy atom. The Bertz CT molecular complexity index is 1000. The number of amidine groups is 1. The van der Waals surface area contributed by atoms with Gasteiger partial charge in [-0.2, -0.15) is 0 Å². The molecule has 0 aromatic carbocycles. The second-order valence-corrected chi connectivity index (χ2v) is 6.78. The van der Waals surface area contributed by atoms with Crippen molar-refractivity contribution in [1.29, 1.82) is 5.41 Å². The Hall–Kier alpha value is -3.89. The van der Waals surface area contributed by atoms with Crippen molar-refractivity contribution in [3.63, 3.8) is 0 Å². The van der Waals surface area contributed by atoms with Gasteiger partial charge in [-0.15, -0.1) is 0 Å². The number of hydrogen-bond acceptors (Lipinski definition) is 5. The Morgan fingerprint density at radius 1 is 1.00 bits per heavy atom. The first-order valence-corrected chi connectivity index (χ1v) is 9.07. The van der Waals surface area contributed by atoms with Crippen molar-refractivity contribution in [2.75, 3.05) is 16.8 Å². The number of aryl methyl sites for hydroxylation is 2. The highest BCUT2D eigenvalue weighted by Crippen LogP contribution is 2.21. The summed E-state index contributed by atoms with van der Waals surface area (Å²) in [6, 6.07) is 2.96. The first kappa shape index (κ1) is 22.4. The van der Waals surface area contributed by atoms with Gasteiger partial charge in [-0.3, -0.25) is 24.6 Å². The number of nitrogens with two attached hydrogens (primary N) is 1. The van der Waals surface area contributed by atoms with Gasteiger partial charge in [0.25, 0.3) is 11.8 Å². The van der Waals surface area contributed by atoms with E-state index in [9.17, 15) is 19.2 Å². The van der Waals surface area contributed by atoms with Gasteiger partial charge < -0.3 is 25.5 Å². The molecule has 0 saturated heterocycles. The minimum atomic E-state index is -0.468. The van der Waals surface area contributed by atoms with Crippen LogP contribution in [0.5, 0.6) is 0 Å². The van der Waals surface area contributed by atoms with Crippen LogP contribution in [0, 0.1) is 5.41 Å². The fraction of sp³-hybridized carbons (Fsp3) is 0.316. The molecule has 11 nitrogen and oxygen atoms in total. The molecule has 5 N–H and O–H groups in total. The quantitative estimate of drug-likeness (QED) is 0.384. The van der Waals surface area contributed by atoms with E-state index < -0.39 is 17.7 Å². The largest absolute Gasteiger partial charge is 0.388 e. The standard InChI is InChI=1S/C19H25N7O4/c1-11(27)26(12(2)28)14-8-16(25(4)10-14)19(30)23-13-7-15(24(3)9-13)18(29)22-6-5-17(20)21/h7-10H,5-6H2,1-4H3,(H3,20,21)(H,22,29)(H,23,30). The van der Waals surface area contributed by atoms with E-state index in [2.05, 4.69) is 10.6 Å². The molecule has 2 heterocycles. The maximum absolute atomic E-state index is 12.7. The fourth-order valence-electron chi connectivity index (χ4n) is 2.94. The maximum Gasteiger partial charge on any atom is 0.272 e. The summed E-state index contributed by atoms with van der Waals surface area (Å²) in [5.41, 5.74) is 6.51. The lowest BCUT2D eigenvalue weighted by atomic mass is 10.3. The van der Waals surface area contributed by atoms with Crippen LogP contribution in [0.2, 0.25) is 0 Å². The van der Waals surface area contributed by atoms with Crippen LogP contribution in [0.1, 0.15) is 41.2 Å². The van der Waals surface area contributed by atoms with E-state index >= 15 is 0 Å². The van der Waals surface area contributed by atoms with Crippen molar-refractivity contribution in [3.8, 4) is 0 Å². The molecular weight excluding hydrogens is 390 g/mol. The molecule has 0 radical (unpaired) electrons. The van der Waals surface area contributed by atoms with E-state index in [0.717, 1.165) is 4.90 Å². The summed E-state index contributed by atoms with van der Waals surface area (Å²) in [5, 5.41) is 12.5. The van der Waals surface area contributed by atoms with E-state index in [-0.39, 0.29) is 30.4 Å². The third-order valence-corrected chi connectivity index (χ3v) is 4.29. The first-order valence-electron chi connectivity index (χ1n) is 9.07. The van der Waals surface area contributed by atoms with Crippen molar-refractivity contribution in [2.45, 2.75) is 20.3 Å². The van der Waals surface area contributed by atoms with Crippen LogP contribution in [0.3, 0.4) is 0 Å². The predicted molar refractivity (Wildman–Crippen MR) is 111 cm³/mol. The average Bonchev–Trinajstić information content (AvgIpc) is 3.16. The molecule has 0 aliphatic carbocycles. The Morgan fingerprint density at radius 3 is 2.13 bits per heavy atom. The molecule has 11 heteroatoms. The lowest BCUT2D eigenvalue weighted by molar-refractivity contribution is -0.124. The lowest BCUT2D eigenvalue weighted by Gasteiger charge is -2.14. The van der Waals surface area contributed by atoms with E-state index in [1.807, 2.05) is 0 Å². The summed E-state index contributed by atoms with van der Waals surface area (Å²) in [5.74, 6) is -1.76. The summed E-state index contributed by atoms with van der Waals surface area (Å²) in [6.07, 6.45) is 3.34. The molecular formula is C19H25N7O4. The third-order valence-electron chi connectivity index (χ3n) is 4.29. The molecule has 0 atom stereocenters. The molecule has 2 aromatic rings. The number of carbonyl (C=O) groups is 4. The zero-order valence-corrected chi connectivity index (χ0v) is 17.3. The van der Waals surface area contributed by atoms with Gasteiger partial charge in [0.2, 0.25) is 11.8 Å². The number of anilines is 2. The third kappa shape index (κ3) is 5.13. The first-order chi connectivity index (χ1) is 14.0. The second-order valence-electron chi connectivity index (χ2n) is 6.78. The molecule has 0 saturated carbocycles.